The predicted octanol–water partition coefficient (Wildman–Crippen LogP) is 5.49. The molecule has 0 fully saturated rings. The van der Waals surface area contributed by atoms with Crippen molar-refractivity contribution < 1.29 is 14.6 Å². The van der Waals surface area contributed by atoms with E-state index in [0.717, 1.165) is 55.3 Å². The molecule has 0 saturated heterocycles. The first kappa shape index (κ1) is 24.8. The van der Waals surface area contributed by atoms with Gasteiger partial charge in [0.1, 0.15) is 11.5 Å². The summed E-state index contributed by atoms with van der Waals surface area (Å²) in [6.07, 6.45) is 11.3. The number of hydrogen-bond donors (Lipinski definition) is 2. The largest absolute Gasteiger partial charge is 0.496 e. The number of nitrogens with two attached hydrogens (primary N) is 1. The van der Waals surface area contributed by atoms with Crippen LogP contribution in [0, 0.1) is 5.92 Å². The number of aliphatic hydroxyl groups excluding tert-OH is 1. The van der Waals surface area contributed by atoms with Crippen molar-refractivity contribution in [3.05, 3.63) is 23.8 Å². The van der Waals surface area contributed by atoms with Gasteiger partial charge in [-0.15, -0.1) is 0 Å². The number of ether oxygens (including phenoxy) is 2. The summed E-state index contributed by atoms with van der Waals surface area (Å²) < 4.78 is 11.4. The number of unbranched alkanes of at least 4 members (excludes halogenated alkanes) is 5. The highest BCUT2D eigenvalue weighted by atomic mass is 16.5. The van der Waals surface area contributed by atoms with Gasteiger partial charge in [0.2, 0.25) is 0 Å². The zero-order chi connectivity index (χ0) is 20.8. The third-order valence-electron chi connectivity index (χ3n) is 5.61. The lowest BCUT2D eigenvalue weighted by Gasteiger charge is -2.25. The number of aryl methyl sites for hydroxylation is 1. The number of aliphatic hydroxyl groups is 1. The monoisotopic (exact) mass is 393 g/mol. The van der Waals surface area contributed by atoms with Gasteiger partial charge in [-0.25, -0.2) is 0 Å². The Morgan fingerprint density at radius 1 is 1.07 bits per heavy atom. The molecular weight excluding hydrogens is 350 g/mol. The summed E-state index contributed by atoms with van der Waals surface area (Å²) in [5.74, 6) is 2.52. The Bertz CT molecular complexity index is 527. The molecule has 1 aromatic rings. The second kappa shape index (κ2) is 13.8. The van der Waals surface area contributed by atoms with E-state index in [2.05, 4.69) is 19.9 Å². The Labute approximate surface area is 172 Å². The lowest BCUT2D eigenvalue weighted by Crippen LogP contribution is -2.43. The van der Waals surface area contributed by atoms with Crippen molar-refractivity contribution in [3.8, 4) is 11.5 Å². The first-order valence-corrected chi connectivity index (χ1v) is 11.1. The summed E-state index contributed by atoms with van der Waals surface area (Å²) in [4.78, 5) is 0. The van der Waals surface area contributed by atoms with Crippen LogP contribution in [-0.4, -0.2) is 31.0 Å². The summed E-state index contributed by atoms with van der Waals surface area (Å²) in [5.41, 5.74) is 6.78. The van der Waals surface area contributed by atoms with Crippen LogP contribution in [0.3, 0.4) is 0 Å². The minimum absolute atomic E-state index is 0.00470. The number of benzene rings is 1. The normalized spacial score (nSPS) is 13.5. The van der Waals surface area contributed by atoms with Crippen LogP contribution in [0.4, 0.5) is 0 Å². The summed E-state index contributed by atoms with van der Waals surface area (Å²) >= 11 is 0. The van der Waals surface area contributed by atoms with E-state index in [1.807, 2.05) is 19.1 Å². The van der Waals surface area contributed by atoms with Crippen LogP contribution in [-0.2, 0) is 6.42 Å². The van der Waals surface area contributed by atoms with Gasteiger partial charge in [0.25, 0.3) is 0 Å². The predicted molar refractivity (Wildman–Crippen MR) is 118 cm³/mol. The standard InChI is InChI=1S/C24H43NO3/c1-5-24(25,19-26)16-15-21-13-14-22(18-23(21)27-4)28-17-11-9-7-6-8-10-12-20(2)3/h13-14,18,20,26H,5-12,15-17,19,25H2,1-4H3. The fourth-order valence-electron chi connectivity index (χ4n) is 3.32. The van der Waals surface area contributed by atoms with Gasteiger partial charge in [-0.2, -0.15) is 0 Å². The molecule has 1 unspecified atom stereocenters. The third-order valence-corrected chi connectivity index (χ3v) is 5.61. The lowest BCUT2D eigenvalue weighted by atomic mass is 9.90. The Morgan fingerprint density at radius 3 is 2.36 bits per heavy atom. The van der Waals surface area contributed by atoms with E-state index in [4.69, 9.17) is 15.2 Å². The maximum absolute atomic E-state index is 9.48. The third kappa shape index (κ3) is 9.79. The second-order valence-electron chi connectivity index (χ2n) is 8.50. The van der Waals surface area contributed by atoms with Crippen LogP contribution in [0.25, 0.3) is 0 Å². The van der Waals surface area contributed by atoms with E-state index in [-0.39, 0.29) is 6.61 Å². The maximum Gasteiger partial charge on any atom is 0.125 e. The van der Waals surface area contributed by atoms with Crippen LogP contribution in [0.15, 0.2) is 18.2 Å². The molecule has 0 bridgehead atoms. The van der Waals surface area contributed by atoms with Gasteiger partial charge in [-0.05, 0) is 43.2 Å². The van der Waals surface area contributed by atoms with E-state index in [0.29, 0.717) is 0 Å². The first-order valence-electron chi connectivity index (χ1n) is 11.1. The maximum atomic E-state index is 9.48. The number of rotatable bonds is 16. The Hall–Kier alpha value is -1.26. The molecule has 0 radical (unpaired) electrons. The minimum atomic E-state index is -0.519. The topological polar surface area (TPSA) is 64.7 Å². The Kier molecular flexibility index (Phi) is 12.2. The first-order chi connectivity index (χ1) is 13.4. The van der Waals surface area contributed by atoms with Crippen LogP contribution in [0.1, 0.15) is 84.1 Å². The molecule has 3 N–H and O–H groups in total. The highest BCUT2D eigenvalue weighted by Gasteiger charge is 2.22. The fraction of sp³-hybridized carbons (Fsp3) is 0.750. The molecule has 0 aromatic heterocycles. The van der Waals surface area contributed by atoms with Crippen molar-refractivity contribution in [1.29, 1.82) is 0 Å². The molecule has 162 valence electrons. The van der Waals surface area contributed by atoms with E-state index in [9.17, 15) is 5.11 Å². The number of hydrogen-bond acceptors (Lipinski definition) is 4. The molecule has 1 aromatic carbocycles. The van der Waals surface area contributed by atoms with Crippen molar-refractivity contribution in [2.45, 2.75) is 90.5 Å². The van der Waals surface area contributed by atoms with Crippen LogP contribution < -0.4 is 15.2 Å². The molecule has 0 aliphatic carbocycles. The highest BCUT2D eigenvalue weighted by Crippen LogP contribution is 2.27. The SMILES string of the molecule is CCC(N)(CO)CCc1ccc(OCCCCCCCCC(C)C)cc1OC. The molecule has 28 heavy (non-hydrogen) atoms. The number of methoxy groups -OCH3 is 1. The Morgan fingerprint density at radius 2 is 1.75 bits per heavy atom. The molecule has 1 atom stereocenters. The zero-order valence-corrected chi connectivity index (χ0v) is 18.6. The molecule has 0 aliphatic heterocycles. The smallest absolute Gasteiger partial charge is 0.125 e. The van der Waals surface area contributed by atoms with Gasteiger partial charge < -0.3 is 20.3 Å². The quantitative estimate of drug-likeness (QED) is 0.364. The molecular formula is C24H43NO3. The molecule has 1 rings (SSSR count). The van der Waals surface area contributed by atoms with E-state index in [1.54, 1.807) is 7.11 Å². The van der Waals surface area contributed by atoms with E-state index in [1.165, 1.54) is 38.5 Å². The summed E-state index contributed by atoms with van der Waals surface area (Å²) in [5, 5.41) is 9.48. The summed E-state index contributed by atoms with van der Waals surface area (Å²) in [6, 6.07) is 6.02. The van der Waals surface area contributed by atoms with Crippen LogP contribution in [0.5, 0.6) is 11.5 Å². The van der Waals surface area contributed by atoms with Crippen molar-refractivity contribution in [3.63, 3.8) is 0 Å². The van der Waals surface area contributed by atoms with Gasteiger partial charge in [0, 0.05) is 11.6 Å². The van der Waals surface area contributed by atoms with E-state index >= 15 is 0 Å². The Balaban J connectivity index is 2.31. The van der Waals surface area contributed by atoms with Crippen molar-refractivity contribution in [2.24, 2.45) is 11.7 Å². The van der Waals surface area contributed by atoms with Gasteiger partial charge in [0.15, 0.2) is 0 Å². The molecule has 0 amide bonds. The minimum Gasteiger partial charge on any atom is -0.496 e. The van der Waals surface area contributed by atoms with Crippen LogP contribution >= 0.6 is 0 Å². The second-order valence-corrected chi connectivity index (χ2v) is 8.50. The van der Waals surface area contributed by atoms with Crippen LogP contribution in [0.2, 0.25) is 0 Å². The van der Waals surface area contributed by atoms with Gasteiger partial charge in [0.05, 0.1) is 20.3 Å². The molecule has 0 heterocycles. The van der Waals surface area contributed by atoms with Crippen molar-refractivity contribution in [2.75, 3.05) is 20.3 Å². The summed E-state index contributed by atoms with van der Waals surface area (Å²) in [7, 11) is 1.68. The molecule has 0 aliphatic rings. The molecule has 4 heteroatoms. The van der Waals surface area contributed by atoms with Crippen molar-refractivity contribution >= 4 is 0 Å². The molecule has 0 saturated carbocycles. The van der Waals surface area contributed by atoms with Gasteiger partial charge in [-0.1, -0.05) is 65.4 Å². The highest BCUT2D eigenvalue weighted by molar-refractivity contribution is 5.41. The zero-order valence-electron chi connectivity index (χ0n) is 18.6. The fourth-order valence-corrected chi connectivity index (χ4v) is 3.32. The summed E-state index contributed by atoms with van der Waals surface area (Å²) in [6.45, 7) is 7.36. The van der Waals surface area contributed by atoms with Crippen molar-refractivity contribution in [1.82, 2.24) is 0 Å². The molecule has 4 nitrogen and oxygen atoms in total. The van der Waals surface area contributed by atoms with Gasteiger partial charge >= 0.3 is 0 Å². The molecule has 0 spiro atoms. The average Bonchev–Trinajstić information content (AvgIpc) is 2.70. The average molecular weight is 394 g/mol. The van der Waals surface area contributed by atoms with E-state index < -0.39 is 5.54 Å². The van der Waals surface area contributed by atoms with Gasteiger partial charge in [-0.3, -0.25) is 0 Å². The lowest BCUT2D eigenvalue weighted by molar-refractivity contribution is 0.182.